The third kappa shape index (κ3) is 3.54. The standard InChI is InChI=1S/C14H22N4O5S2/c1-9-14(10(2)16-15-9)25(21,22)17-11-4-5-13-12(8-11)18(6-7-23-13)24(3,19)20/h4-5,8-10,14-17H,6-7H2,1-3H3. The number of ether oxygens (including phenoxy) is 1. The van der Waals surface area contributed by atoms with E-state index in [1.165, 1.54) is 10.4 Å². The molecule has 2 heterocycles. The summed E-state index contributed by atoms with van der Waals surface area (Å²) in [6.07, 6.45) is 1.11. The number of hydrogen-bond acceptors (Lipinski definition) is 7. The van der Waals surface area contributed by atoms with Crippen LogP contribution in [0.2, 0.25) is 0 Å². The van der Waals surface area contributed by atoms with E-state index in [1.54, 1.807) is 26.0 Å². The summed E-state index contributed by atoms with van der Waals surface area (Å²) < 4.78 is 58.6. The second-order valence-electron chi connectivity index (χ2n) is 6.34. The van der Waals surface area contributed by atoms with Crippen molar-refractivity contribution in [2.75, 3.05) is 28.4 Å². The van der Waals surface area contributed by atoms with Crippen LogP contribution in [0.1, 0.15) is 13.8 Å². The van der Waals surface area contributed by atoms with Gasteiger partial charge in [0.25, 0.3) is 0 Å². The van der Waals surface area contributed by atoms with Crippen molar-refractivity contribution in [3.63, 3.8) is 0 Å². The van der Waals surface area contributed by atoms with Crippen LogP contribution in [0.5, 0.6) is 5.75 Å². The molecule has 0 radical (unpaired) electrons. The summed E-state index contributed by atoms with van der Waals surface area (Å²) in [5.74, 6) is 0.408. The fraction of sp³-hybridized carbons (Fsp3) is 0.571. The van der Waals surface area contributed by atoms with Crippen molar-refractivity contribution < 1.29 is 21.6 Å². The zero-order valence-electron chi connectivity index (χ0n) is 14.2. The summed E-state index contributed by atoms with van der Waals surface area (Å²) in [5, 5.41) is -0.661. The Morgan fingerprint density at radius 1 is 1.16 bits per heavy atom. The highest BCUT2D eigenvalue weighted by Gasteiger charge is 2.40. The first-order valence-corrected chi connectivity index (χ1v) is 11.3. The number of nitrogens with zero attached hydrogens (tertiary/aromatic N) is 1. The molecule has 25 heavy (non-hydrogen) atoms. The quantitative estimate of drug-likeness (QED) is 0.654. The number of fused-ring (bicyclic) bond motifs is 1. The Morgan fingerprint density at radius 3 is 2.40 bits per heavy atom. The number of benzene rings is 1. The molecule has 0 saturated carbocycles. The summed E-state index contributed by atoms with van der Waals surface area (Å²) in [6, 6.07) is 4.09. The van der Waals surface area contributed by atoms with Crippen molar-refractivity contribution in [3.05, 3.63) is 18.2 Å². The van der Waals surface area contributed by atoms with E-state index in [0.717, 1.165) is 6.26 Å². The average molecular weight is 390 g/mol. The average Bonchev–Trinajstić information content (AvgIpc) is 2.85. The molecule has 2 aliphatic rings. The van der Waals surface area contributed by atoms with E-state index in [0.29, 0.717) is 17.1 Å². The summed E-state index contributed by atoms with van der Waals surface area (Å²) in [4.78, 5) is 0. The predicted molar refractivity (Wildman–Crippen MR) is 95.7 cm³/mol. The molecule has 1 saturated heterocycles. The number of anilines is 2. The van der Waals surface area contributed by atoms with Crippen LogP contribution in [0, 0.1) is 0 Å². The number of hydrogen-bond donors (Lipinski definition) is 3. The van der Waals surface area contributed by atoms with E-state index in [2.05, 4.69) is 15.6 Å². The lowest BCUT2D eigenvalue weighted by Crippen LogP contribution is -2.41. The Labute approximate surface area is 147 Å². The minimum absolute atomic E-state index is 0.187. The molecule has 0 aliphatic carbocycles. The lowest BCUT2D eigenvalue weighted by molar-refractivity contribution is 0.316. The highest BCUT2D eigenvalue weighted by Crippen LogP contribution is 2.36. The van der Waals surface area contributed by atoms with Gasteiger partial charge in [0.15, 0.2) is 0 Å². The Kier molecular flexibility index (Phi) is 4.60. The van der Waals surface area contributed by atoms with Gasteiger partial charge in [-0.3, -0.25) is 19.9 Å². The topological polar surface area (TPSA) is 117 Å². The van der Waals surface area contributed by atoms with Crippen LogP contribution in [-0.4, -0.2) is 53.6 Å². The van der Waals surface area contributed by atoms with Crippen molar-refractivity contribution in [3.8, 4) is 5.75 Å². The lowest BCUT2D eigenvalue weighted by atomic mass is 10.2. The fourth-order valence-electron chi connectivity index (χ4n) is 3.23. The van der Waals surface area contributed by atoms with Crippen LogP contribution in [0.15, 0.2) is 18.2 Å². The molecule has 140 valence electrons. The second kappa shape index (κ2) is 6.31. The summed E-state index contributed by atoms with van der Waals surface area (Å²) in [5.41, 5.74) is 6.45. The molecule has 3 N–H and O–H groups in total. The predicted octanol–water partition coefficient (Wildman–Crippen LogP) is -0.160. The molecule has 9 nitrogen and oxygen atoms in total. The van der Waals surface area contributed by atoms with Crippen molar-refractivity contribution >= 4 is 31.4 Å². The molecule has 1 fully saturated rings. The van der Waals surface area contributed by atoms with Crippen LogP contribution < -0.4 is 24.6 Å². The maximum atomic E-state index is 12.7. The molecule has 2 unspecified atom stereocenters. The first-order chi connectivity index (χ1) is 11.6. The normalized spacial score (nSPS) is 26.8. The molecule has 1 aromatic rings. The minimum atomic E-state index is -3.67. The van der Waals surface area contributed by atoms with Gasteiger partial charge in [0, 0.05) is 12.1 Å². The second-order valence-corrected chi connectivity index (χ2v) is 10.1. The van der Waals surface area contributed by atoms with Gasteiger partial charge in [-0.25, -0.2) is 16.8 Å². The van der Waals surface area contributed by atoms with Gasteiger partial charge in [-0.05, 0) is 32.0 Å². The Hall–Kier alpha value is -1.56. The highest BCUT2D eigenvalue weighted by atomic mass is 32.2. The molecule has 1 aromatic carbocycles. The molecular formula is C14H22N4O5S2. The molecule has 3 rings (SSSR count). The maximum Gasteiger partial charge on any atom is 0.238 e. The minimum Gasteiger partial charge on any atom is -0.489 e. The zero-order valence-corrected chi connectivity index (χ0v) is 15.8. The SMILES string of the molecule is CC1NNC(C)C1S(=O)(=O)Nc1ccc2c(c1)N(S(C)(=O)=O)CCO2. The molecule has 2 atom stereocenters. The Morgan fingerprint density at radius 2 is 1.80 bits per heavy atom. The Balaban J connectivity index is 1.92. The van der Waals surface area contributed by atoms with Crippen LogP contribution in [-0.2, 0) is 20.0 Å². The van der Waals surface area contributed by atoms with E-state index in [-0.39, 0.29) is 25.2 Å². The molecule has 2 aliphatic heterocycles. The van der Waals surface area contributed by atoms with Crippen molar-refractivity contribution in [1.82, 2.24) is 10.9 Å². The number of nitrogens with one attached hydrogen (secondary N) is 3. The van der Waals surface area contributed by atoms with Gasteiger partial charge in [-0.1, -0.05) is 0 Å². The van der Waals surface area contributed by atoms with E-state index < -0.39 is 25.3 Å². The molecule has 0 amide bonds. The van der Waals surface area contributed by atoms with E-state index in [4.69, 9.17) is 4.74 Å². The first kappa shape index (κ1) is 18.2. The molecule has 0 spiro atoms. The van der Waals surface area contributed by atoms with E-state index in [1.807, 2.05) is 0 Å². The van der Waals surface area contributed by atoms with Crippen molar-refractivity contribution in [2.24, 2.45) is 0 Å². The Bertz CT molecular complexity index is 861. The highest BCUT2D eigenvalue weighted by molar-refractivity contribution is 7.93. The van der Waals surface area contributed by atoms with Crippen LogP contribution in [0.3, 0.4) is 0 Å². The van der Waals surface area contributed by atoms with Gasteiger partial charge in [-0.15, -0.1) is 0 Å². The number of hydrazine groups is 1. The third-order valence-electron chi connectivity index (χ3n) is 4.32. The number of sulfonamides is 2. The molecule has 0 aromatic heterocycles. The van der Waals surface area contributed by atoms with Crippen molar-refractivity contribution in [1.29, 1.82) is 0 Å². The van der Waals surface area contributed by atoms with Crippen LogP contribution in [0.4, 0.5) is 11.4 Å². The molecular weight excluding hydrogens is 368 g/mol. The lowest BCUT2D eigenvalue weighted by Gasteiger charge is -2.29. The summed E-state index contributed by atoms with van der Waals surface area (Å²) in [7, 11) is -7.15. The van der Waals surface area contributed by atoms with Gasteiger partial charge >= 0.3 is 0 Å². The van der Waals surface area contributed by atoms with Gasteiger partial charge in [0.2, 0.25) is 20.0 Å². The van der Waals surface area contributed by atoms with Crippen molar-refractivity contribution in [2.45, 2.75) is 31.2 Å². The summed E-state index contributed by atoms with van der Waals surface area (Å²) in [6.45, 7) is 4.01. The molecule has 11 heteroatoms. The van der Waals surface area contributed by atoms with Crippen LogP contribution in [0.25, 0.3) is 0 Å². The smallest absolute Gasteiger partial charge is 0.238 e. The third-order valence-corrected chi connectivity index (χ3v) is 7.56. The molecule has 0 bridgehead atoms. The fourth-order valence-corrected chi connectivity index (χ4v) is 5.94. The van der Waals surface area contributed by atoms with Crippen LogP contribution >= 0.6 is 0 Å². The zero-order chi connectivity index (χ0) is 18.4. The first-order valence-electron chi connectivity index (χ1n) is 7.87. The van der Waals surface area contributed by atoms with Gasteiger partial charge < -0.3 is 4.74 Å². The van der Waals surface area contributed by atoms with Gasteiger partial charge in [0.05, 0.1) is 24.2 Å². The van der Waals surface area contributed by atoms with Gasteiger partial charge in [0.1, 0.15) is 17.6 Å². The van der Waals surface area contributed by atoms with E-state index >= 15 is 0 Å². The monoisotopic (exact) mass is 390 g/mol. The van der Waals surface area contributed by atoms with Gasteiger partial charge in [-0.2, -0.15) is 0 Å². The van der Waals surface area contributed by atoms with E-state index in [9.17, 15) is 16.8 Å². The number of rotatable bonds is 4. The largest absolute Gasteiger partial charge is 0.489 e. The summed E-state index contributed by atoms with van der Waals surface area (Å²) >= 11 is 0. The maximum absolute atomic E-state index is 12.7.